The van der Waals surface area contributed by atoms with Gasteiger partial charge in [-0.3, -0.25) is 9.69 Å². The molecule has 2 aromatic heterocycles. The van der Waals surface area contributed by atoms with Crippen LogP contribution in [0.1, 0.15) is 32.7 Å². The maximum absolute atomic E-state index is 12.4. The number of carbonyl (C=O) groups is 1. The van der Waals surface area contributed by atoms with Crippen molar-refractivity contribution in [2.45, 2.75) is 13.5 Å². The van der Waals surface area contributed by atoms with Crippen LogP contribution in [0.2, 0.25) is 5.02 Å². The Morgan fingerprint density at radius 3 is 2.67 bits per heavy atom. The van der Waals surface area contributed by atoms with E-state index in [0.29, 0.717) is 27.5 Å². The highest BCUT2D eigenvalue weighted by Gasteiger charge is 2.19. The number of hydrogen-bond acceptors (Lipinski definition) is 5. The van der Waals surface area contributed by atoms with Gasteiger partial charge in [-0.15, -0.1) is 0 Å². The van der Waals surface area contributed by atoms with Crippen molar-refractivity contribution in [3.05, 3.63) is 87.8 Å². The minimum absolute atomic E-state index is 0.407. The summed E-state index contributed by atoms with van der Waals surface area (Å²) >= 11 is 6.77. The first kappa shape index (κ1) is 24.0. The molecule has 8 heteroatoms. The van der Waals surface area contributed by atoms with E-state index in [1.807, 2.05) is 43.3 Å². The Labute approximate surface area is 215 Å². The quantitative estimate of drug-likeness (QED) is 0.435. The maximum atomic E-state index is 12.4. The lowest BCUT2D eigenvalue weighted by Crippen LogP contribution is -2.43. The van der Waals surface area contributed by atoms with Gasteiger partial charge in [0.1, 0.15) is 5.69 Å². The number of carbonyl (C=O) groups excluding carboxylic acids is 1. The van der Waals surface area contributed by atoms with E-state index in [1.165, 1.54) is 0 Å². The lowest BCUT2D eigenvalue weighted by Gasteiger charge is -2.32. The molecule has 1 aliphatic heterocycles. The fourth-order valence-electron chi connectivity index (χ4n) is 4.49. The minimum Gasteiger partial charge on any atom is -0.366 e. The van der Waals surface area contributed by atoms with Crippen LogP contribution in [-0.4, -0.2) is 63.5 Å². The number of imidazole rings is 1. The van der Waals surface area contributed by atoms with E-state index >= 15 is 0 Å². The molecular weight excluding hydrogens is 472 g/mol. The van der Waals surface area contributed by atoms with Crippen molar-refractivity contribution >= 4 is 23.2 Å². The molecule has 36 heavy (non-hydrogen) atoms. The predicted molar refractivity (Wildman–Crippen MR) is 142 cm³/mol. The van der Waals surface area contributed by atoms with E-state index in [0.717, 1.165) is 55.0 Å². The van der Waals surface area contributed by atoms with Crippen LogP contribution in [0.15, 0.2) is 54.9 Å². The Bertz CT molecular complexity index is 1510. The maximum Gasteiger partial charge on any atom is 0.249 e. The van der Waals surface area contributed by atoms with Gasteiger partial charge in [-0.1, -0.05) is 35.7 Å². The zero-order chi connectivity index (χ0) is 25.2. The van der Waals surface area contributed by atoms with E-state index in [1.54, 1.807) is 23.0 Å². The summed E-state index contributed by atoms with van der Waals surface area (Å²) in [5, 5.41) is 4.99. The van der Waals surface area contributed by atoms with Crippen molar-refractivity contribution < 1.29 is 4.79 Å². The highest BCUT2D eigenvalue weighted by molar-refractivity contribution is 6.31. The molecule has 2 aromatic carbocycles. The molecule has 2 N–H and O–H groups in total. The number of aryl methyl sites for hydroxylation is 1. The van der Waals surface area contributed by atoms with Crippen LogP contribution in [0.3, 0.4) is 0 Å². The number of amides is 1. The van der Waals surface area contributed by atoms with Gasteiger partial charge in [-0.2, -0.15) is 5.10 Å². The number of hydrogen-bond donors (Lipinski definition) is 1. The van der Waals surface area contributed by atoms with Crippen LogP contribution in [0.5, 0.6) is 0 Å². The number of aromatic nitrogens is 3. The first-order chi connectivity index (χ1) is 17.4. The van der Waals surface area contributed by atoms with Crippen LogP contribution in [0.25, 0.3) is 16.8 Å². The lowest BCUT2D eigenvalue weighted by atomic mass is 9.90. The van der Waals surface area contributed by atoms with E-state index in [2.05, 4.69) is 38.8 Å². The van der Waals surface area contributed by atoms with Crippen molar-refractivity contribution in [1.29, 1.82) is 0 Å². The van der Waals surface area contributed by atoms with Gasteiger partial charge < -0.3 is 10.6 Å². The molecule has 1 fully saturated rings. The average Bonchev–Trinajstić information content (AvgIpc) is 3.28. The number of nitrogens with zero attached hydrogens (tertiary/aromatic N) is 5. The SMILES string of the molecule is Cc1ccc(C(N)=O)c(-c2ccc(CN3CCN(C)CC3)c(Cl)c2)c1C#Cc1cnc2cccnn12. The number of likely N-dealkylation sites (N-methyl/N-ethyl adjacent to an activating group) is 1. The Hall–Kier alpha value is -3.70. The van der Waals surface area contributed by atoms with Crippen molar-refractivity contribution in [2.24, 2.45) is 5.73 Å². The number of fused-ring (bicyclic) bond motifs is 1. The monoisotopic (exact) mass is 498 g/mol. The van der Waals surface area contributed by atoms with Crippen molar-refractivity contribution in [3.8, 4) is 23.0 Å². The van der Waals surface area contributed by atoms with Crippen LogP contribution in [0.4, 0.5) is 0 Å². The molecule has 3 heterocycles. The Balaban J connectivity index is 1.55. The smallest absolute Gasteiger partial charge is 0.249 e. The lowest BCUT2D eigenvalue weighted by molar-refractivity contribution is 0.100. The molecule has 7 nitrogen and oxygen atoms in total. The predicted octanol–water partition coefficient (Wildman–Crippen LogP) is 3.60. The summed E-state index contributed by atoms with van der Waals surface area (Å²) in [6.07, 6.45) is 3.38. The van der Waals surface area contributed by atoms with Gasteiger partial charge in [-0.25, -0.2) is 9.50 Å². The molecule has 0 bridgehead atoms. The van der Waals surface area contributed by atoms with E-state index in [9.17, 15) is 4.79 Å². The Morgan fingerprint density at radius 1 is 1.11 bits per heavy atom. The first-order valence-electron chi connectivity index (χ1n) is 11.8. The molecule has 1 aliphatic rings. The summed E-state index contributed by atoms with van der Waals surface area (Å²) < 4.78 is 1.68. The second-order valence-electron chi connectivity index (χ2n) is 9.12. The second-order valence-corrected chi connectivity index (χ2v) is 9.52. The fourth-order valence-corrected chi connectivity index (χ4v) is 4.73. The average molecular weight is 499 g/mol. The van der Waals surface area contributed by atoms with Crippen LogP contribution in [0, 0.1) is 18.8 Å². The highest BCUT2D eigenvalue weighted by Crippen LogP contribution is 2.33. The number of rotatable bonds is 4. The van der Waals surface area contributed by atoms with Crippen LogP contribution < -0.4 is 5.73 Å². The molecule has 4 aromatic rings. The van der Waals surface area contributed by atoms with Gasteiger partial charge in [-0.05, 0) is 60.8 Å². The van der Waals surface area contributed by atoms with Crippen molar-refractivity contribution in [1.82, 2.24) is 24.4 Å². The summed E-state index contributed by atoms with van der Waals surface area (Å²) in [4.78, 5) is 21.5. The third-order valence-corrected chi connectivity index (χ3v) is 6.96. The van der Waals surface area contributed by atoms with Crippen LogP contribution >= 0.6 is 11.6 Å². The second kappa shape index (κ2) is 10.1. The topological polar surface area (TPSA) is 79.8 Å². The minimum atomic E-state index is -0.512. The number of primary amides is 1. The van der Waals surface area contributed by atoms with Gasteiger partial charge in [0, 0.05) is 60.6 Å². The number of nitrogens with two attached hydrogens (primary N) is 1. The largest absolute Gasteiger partial charge is 0.366 e. The van der Waals surface area contributed by atoms with E-state index < -0.39 is 5.91 Å². The molecule has 0 radical (unpaired) electrons. The van der Waals surface area contributed by atoms with Gasteiger partial charge in [0.2, 0.25) is 5.91 Å². The standard InChI is InChI=1S/C28H27ClN6O/c1-19-5-9-24(28(30)36)27(23(19)10-8-22-17-31-26-4-3-11-32-35(22)26)20-6-7-21(25(29)16-20)18-34-14-12-33(2)13-15-34/h3-7,9,11,16-17H,12-15,18H2,1-2H3,(H2,30,36). The fraction of sp³-hybridized carbons (Fsp3) is 0.250. The molecule has 1 saturated heterocycles. The molecule has 0 spiro atoms. The molecule has 0 unspecified atom stereocenters. The summed E-state index contributed by atoms with van der Waals surface area (Å²) in [5.41, 5.74) is 11.8. The molecule has 0 aliphatic carbocycles. The van der Waals surface area contributed by atoms with Gasteiger partial charge in [0.05, 0.1) is 6.20 Å². The molecule has 182 valence electrons. The highest BCUT2D eigenvalue weighted by atomic mass is 35.5. The number of piperazine rings is 1. The Kier molecular flexibility index (Phi) is 6.75. The summed E-state index contributed by atoms with van der Waals surface area (Å²) in [6, 6.07) is 13.3. The summed E-state index contributed by atoms with van der Waals surface area (Å²) in [5.74, 6) is 5.92. The molecule has 0 atom stereocenters. The van der Waals surface area contributed by atoms with Gasteiger partial charge >= 0.3 is 0 Å². The first-order valence-corrected chi connectivity index (χ1v) is 12.2. The molecule has 1 amide bonds. The van der Waals surface area contributed by atoms with Crippen molar-refractivity contribution in [3.63, 3.8) is 0 Å². The third-order valence-electron chi connectivity index (χ3n) is 6.60. The van der Waals surface area contributed by atoms with Crippen molar-refractivity contribution in [2.75, 3.05) is 33.2 Å². The normalized spacial score (nSPS) is 14.5. The molecule has 5 rings (SSSR count). The summed E-state index contributed by atoms with van der Waals surface area (Å²) in [7, 11) is 2.14. The zero-order valence-electron chi connectivity index (χ0n) is 20.3. The van der Waals surface area contributed by atoms with E-state index in [-0.39, 0.29) is 0 Å². The van der Waals surface area contributed by atoms with Gasteiger partial charge in [0.25, 0.3) is 0 Å². The molecular formula is C28H27ClN6O. The number of halogens is 1. The summed E-state index contributed by atoms with van der Waals surface area (Å²) in [6.45, 7) is 6.87. The van der Waals surface area contributed by atoms with E-state index in [4.69, 9.17) is 17.3 Å². The van der Waals surface area contributed by atoms with Gasteiger partial charge in [0.15, 0.2) is 5.65 Å². The zero-order valence-corrected chi connectivity index (χ0v) is 21.1. The molecule has 0 saturated carbocycles. The number of benzene rings is 2. The third kappa shape index (κ3) is 4.84. The Morgan fingerprint density at radius 2 is 1.92 bits per heavy atom. The van der Waals surface area contributed by atoms with Crippen LogP contribution in [-0.2, 0) is 6.54 Å².